The fourth-order valence-corrected chi connectivity index (χ4v) is 4.77. The lowest BCUT2D eigenvalue weighted by molar-refractivity contribution is -0.131. The minimum absolute atomic E-state index is 0.0765. The molecule has 0 aliphatic carbocycles. The number of carbonyl (C=O) groups is 3. The van der Waals surface area contributed by atoms with E-state index in [0.29, 0.717) is 12.1 Å². The molecule has 2 fully saturated rings. The van der Waals surface area contributed by atoms with Gasteiger partial charge in [0.1, 0.15) is 6.54 Å². The number of nitrogens with zero attached hydrogens (tertiary/aromatic N) is 3. The molecule has 6 heteroatoms. The SMILES string of the molecule is C[C@@H]1CCCCN1C(=O)C(=O)c1cn(CC(=O)N2CCCCCC2)c2ccccc12. The van der Waals surface area contributed by atoms with Gasteiger partial charge in [0, 0.05) is 42.8 Å². The quantitative estimate of drug-likeness (QED) is 0.572. The lowest BCUT2D eigenvalue weighted by Crippen LogP contribution is -2.45. The first kappa shape index (κ1) is 20.6. The Labute approximate surface area is 177 Å². The molecule has 2 aliphatic heterocycles. The first-order chi connectivity index (χ1) is 14.6. The lowest BCUT2D eigenvalue weighted by Gasteiger charge is -2.32. The summed E-state index contributed by atoms with van der Waals surface area (Å²) in [5.41, 5.74) is 1.22. The lowest BCUT2D eigenvalue weighted by atomic mass is 10.0. The molecule has 1 aromatic heterocycles. The minimum Gasteiger partial charge on any atom is -0.341 e. The summed E-state index contributed by atoms with van der Waals surface area (Å²) < 4.78 is 1.84. The molecular weight excluding hydrogens is 378 g/mol. The van der Waals surface area contributed by atoms with Gasteiger partial charge in [0.05, 0.1) is 5.56 Å². The van der Waals surface area contributed by atoms with E-state index in [1.807, 2.05) is 40.7 Å². The second-order valence-electron chi connectivity index (χ2n) is 8.66. The molecule has 2 amide bonds. The summed E-state index contributed by atoms with van der Waals surface area (Å²) >= 11 is 0. The van der Waals surface area contributed by atoms with Gasteiger partial charge in [0.2, 0.25) is 5.91 Å². The normalized spacial score (nSPS) is 20.2. The van der Waals surface area contributed by atoms with Crippen molar-refractivity contribution in [3.8, 4) is 0 Å². The third kappa shape index (κ3) is 4.13. The number of aromatic nitrogens is 1. The maximum absolute atomic E-state index is 13.1. The molecule has 2 aliphatic rings. The van der Waals surface area contributed by atoms with Gasteiger partial charge in [-0.2, -0.15) is 0 Å². The molecule has 3 heterocycles. The number of likely N-dealkylation sites (tertiary alicyclic amines) is 2. The number of benzene rings is 1. The zero-order valence-corrected chi connectivity index (χ0v) is 17.8. The van der Waals surface area contributed by atoms with Crippen LogP contribution in [-0.4, -0.2) is 57.6 Å². The Hall–Kier alpha value is -2.63. The van der Waals surface area contributed by atoms with Crippen molar-refractivity contribution < 1.29 is 14.4 Å². The van der Waals surface area contributed by atoms with Gasteiger partial charge in [0.25, 0.3) is 11.7 Å². The highest BCUT2D eigenvalue weighted by Crippen LogP contribution is 2.25. The third-order valence-corrected chi connectivity index (χ3v) is 6.56. The molecule has 0 radical (unpaired) electrons. The van der Waals surface area contributed by atoms with Crippen LogP contribution < -0.4 is 0 Å². The fraction of sp³-hybridized carbons (Fsp3) is 0.542. The molecule has 0 spiro atoms. The predicted octanol–water partition coefficient (Wildman–Crippen LogP) is 3.63. The maximum atomic E-state index is 13.1. The summed E-state index contributed by atoms with van der Waals surface area (Å²) in [4.78, 5) is 42.7. The van der Waals surface area contributed by atoms with Gasteiger partial charge in [-0.25, -0.2) is 0 Å². The summed E-state index contributed by atoms with van der Waals surface area (Å²) in [5, 5.41) is 0.740. The number of fused-ring (bicyclic) bond motifs is 1. The van der Waals surface area contributed by atoms with Crippen LogP contribution in [0.3, 0.4) is 0 Å². The van der Waals surface area contributed by atoms with Crippen LogP contribution in [0.15, 0.2) is 30.5 Å². The molecule has 4 rings (SSSR count). The van der Waals surface area contributed by atoms with Crippen LogP contribution in [0.4, 0.5) is 0 Å². The van der Waals surface area contributed by atoms with Crippen LogP contribution >= 0.6 is 0 Å². The topological polar surface area (TPSA) is 62.6 Å². The van der Waals surface area contributed by atoms with E-state index in [1.165, 1.54) is 12.8 Å². The van der Waals surface area contributed by atoms with Crippen LogP contribution in [0.2, 0.25) is 0 Å². The number of hydrogen-bond acceptors (Lipinski definition) is 3. The Kier molecular flexibility index (Phi) is 6.21. The number of ketones is 1. The molecule has 0 N–H and O–H groups in total. The zero-order valence-electron chi connectivity index (χ0n) is 17.8. The van der Waals surface area contributed by atoms with Crippen molar-refractivity contribution in [3.05, 3.63) is 36.0 Å². The summed E-state index contributed by atoms with van der Waals surface area (Å²) in [6, 6.07) is 7.64. The van der Waals surface area contributed by atoms with Crippen LogP contribution in [-0.2, 0) is 16.1 Å². The predicted molar refractivity (Wildman–Crippen MR) is 116 cm³/mol. The minimum atomic E-state index is -0.471. The number of hydrogen-bond donors (Lipinski definition) is 0. The Bertz CT molecular complexity index is 940. The van der Waals surface area contributed by atoms with Crippen molar-refractivity contribution >= 4 is 28.5 Å². The number of para-hydroxylation sites is 1. The summed E-state index contributed by atoms with van der Waals surface area (Å²) in [7, 11) is 0. The van der Waals surface area contributed by atoms with E-state index >= 15 is 0 Å². The van der Waals surface area contributed by atoms with Crippen molar-refractivity contribution in [1.82, 2.24) is 14.4 Å². The molecule has 1 atom stereocenters. The summed E-state index contributed by atoms with van der Waals surface area (Å²) in [5.74, 6) is -0.822. The standard InChI is InChI=1S/C24H31N3O3/c1-18-10-6-9-15-27(18)24(30)23(29)20-16-26(21-12-5-4-11-19(20)21)17-22(28)25-13-7-2-3-8-14-25/h4-5,11-12,16,18H,2-3,6-10,13-15,17H2,1H3/t18-/m1/s1. The van der Waals surface area contributed by atoms with Crippen molar-refractivity contribution in [1.29, 1.82) is 0 Å². The van der Waals surface area contributed by atoms with Gasteiger partial charge in [-0.05, 0) is 45.1 Å². The maximum Gasteiger partial charge on any atom is 0.295 e. The molecule has 2 saturated heterocycles. The van der Waals surface area contributed by atoms with E-state index in [9.17, 15) is 14.4 Å². The van der Waals surface area contributed by atoms with Crippen LogP contribution in [0.1, 0.15) is 62.2 Å². The Morgan fingerprint density at radius 1 is 0.933 bits per heavy atom. The molecular formula is C24H31N3O3. The molecule has 0 saturated carbocycles. The van der Waals surface area contributed by atoms with Gasteiger partial charge in [-0.3, -0.25) is 14.4 Å². The number of piperidine rings is 1. The number of carbonyl (C=O) groups excluding carboxylic acids is 3. The molecule has 2 aromatic rings. The summed E-state index contributed by atoms with van der Waals surface area (Å²) in [6.45, 7) is 4.44. The Morgan fingerprint density at radius 3 is 2.37 bits per heavy atom. The average Bonchev–Trinajstić information content (AvgIpc) is 2.93. The number of amides is 2. The van der Waals surface area contributed by atoms with Crippen LogP contribution in [0, 0.1) is 0 Å². The molecule has 0 unspecified atom stereocenters. The highest BCUT2D eigenvalue weighted by atomic mass is 16.2. The molecule has 6 nitrogen and oxygen atoms in total. The first-order valence-electron chi connectivity index (χ1n) is 11.3. The van der Waals surface area contributed by atoms with Crippen molar-refractivity contribution in [2.75, 3.05) is 19.6 Å². The van der Waals surface area contributed by atoms with Crippen LogP contribution in [0.5, 0.6) is 0 Å². The second kappa shape index (κ2) is 9.02. The van der Waals surface area contributed by atoms with Gasteiger partial charge in [-0.15, -0.1) is 0 Å². The first-order valence-corrected chi connectivity index (χ1v) is 11.3. The third-order valence-electron chi connectivity index (χ3n) is 6.56. The average molecular weight is 410 g/mol. The highest BCUT2D eigenvalue weighted by Gasteiger charge is 2.31. The van der Waals surface area contributed by atoms with Crippen molar-refractivity contribution in [2.24, 2.45) is 0 Å². The van der Waals surface area contributed by atoms with Crippen molar-refractivity contribution in [2.45, 2.75) is 64.5 Å². The second-order valence-corrected chi connectivity index (χ2v) is 8.66. The Balaban J connectivity index is 1.59. The van der Waals surface area contributed by atoms with E-state index in [4.69, 9.17) is 0 Å². The molecule has 0 bridgehead atoms. The molecule has 160 valence electrons. The smallest absolute Gasteiger partial charge is 0.295 e. The summed E-state index contributed by atoms with van der Waals surface area (Å²) in [6.07, 6.45) is 9.11. The van der Waals surface area contributed by atoms with E-state index in [-0.39, 0.29) is 18.5 Å². The number of Topliss-reactive ketones (excluding diaryl/α,β-unsaturated/α-hetero) is 1. The largest absolute Gasteiger partial charge is 0.341 e. The van der Waals surface area contributed by atoms with Gasteiger partial charge in [0.15, 0.2) is 0 Å². The van der Waals surface area contributed by atoms with Crippen molar-refractivity contribution in [3.63, 3.8) is 0 Å². The fourth-order valence-electron chi connectivity index (χ4n) is 4.77. The highest BCUT2D eigenvalue weighted by molar-refractivity contribution is 6.45. The van der Waals surface area contributed by atoms with E-state index < -0.39 is 11.7 Å². The van der Waals surface area contributed by atoms with Crippen LogP contribution in [0.25, 0.3) is 10.9 Å². The molecule has 1 aromatic carbocycles. The van der Waals surface area contributed by atoms with E-state index in [0.717, 1.165) is 56.1 Å². The van der Waals surface area contributed by atoms with E-state index in [2.05, 4.69) is 0 Å². The Morgan fingerprint density at radius 2 is 1.63 bits per heavy atom. The monoisotopic (exact) mass is 409 g/mol. The number of rotatable bonds is 4. The zero-order chi connectivity index (χ0) is 21.1. The van der Waals surface area contributed by atoms with E-state index in [1.54, 1.807) is 11.1 Å². The van der Waals surface area contributed by atoms with Gasteiger partial charge < -0.3 is 14.4 Å². The van der Waals surface area contributed by atoms with Gasteiger partial charge >= 0.3 is 0 Å². The molecule has 30 heavy (non-hydrogen) atoms. The van der Waals surface area contributed by atoms with Gasteiger partial charge in [-0.1, -0.05) is 31.0 Å².